The van der Waals surface area contributed by atoms with Crippen molar-refractivity contribution in [1.82, 2.24) is 0 Å². The molecule has 31 heavy (non-hydrogen) atoms. The maximum absolute atomic E-state index is 2.52. The smallest absolute Gasteiger partial charge is 0.284 e. The van der Waals surface area contributed by atoms with Gasteiger partial charge in [0.2, 0.25) is 0 Å². The van der Waals surface area contributed by atoms with Gasteiger partial charge in [0.05, 0.1) is 12.7 Å². The van der Waals surface area contributed by atoms with E-state index in [4.69, 9.17) is 0 Å². The Labute approximate surface area is 186 Å². The number of hydrogen-bond donors (Lipinski definition) is 0. The van der Waals surface area contributed by atoms with Gasteiger partial charge in [-0.15, -0.1) is 0 Å². The number of pyridine rings is 1. The fourth-order valence-corrected chi connectivity index (χ4v) is 5.54. The minimum absolute atomic E-state index is 0.273. The molecule has 5 rings (SSSR count). The average Bonchev–Trinajstić information content (AvgIpc) is 3.05. The van der Waals surface area contributed by atoms with Crippen molar-refractivity contribution in [3.05, 3.63) is 71.8 Å². The molecule has 0 radical (unpaired) electrons. The lowest BCUT2D eigenvalue weighted by atomic mass is 9.83. The summed E-state index contributed by atoms with van der Waals surface area (Å²) in [4.78, 5) is 4.90. The van der Waals surface area contributed by atoms with Crippen molar-refractivity contribution in [2.24, 2.45) is 7.05 Å². The SMILES string of the molecule is Cc1ccccc1-c1cc(C2CCCCC2)cc(N2c3ccccc3N(C)[C@H]2C)[n+]1C. The number of rotatable bonds is 3. The summed E-state index contributed by atoms with van der Waals surface area (Å²) < 4.78 is 2.40. The molecule has 1 fully saturated rings. The van der Waals surface area contributed by atoms with E-state index in [1.807, 2.05) is 0 Å². The Bertz CT molecular complexity index is 1100. The fourth-order valence-electron chi connectivity index (χ4n) is 5.54. The van der Waals surface area contributed by atoms with Crippen LogP contribution in [0.4, 0.5) is 17.2 Å². The third kappa shape index (κ3) is 3.40. The van der Waals surface area contributed by atoms with Crippen LogP contribution in [-0.4, -0.2) is 13.2 Å². The highest BCUT2D eigenvalue weighted by Crippen LogP contribution is 2.43. The number of nitrogens with zero attached hydrogens (tertiary/aromatic N) is 3. The van der Waals surface area contributed by atoms with Gasteiger partial charge >= 0.3 is 0 Å². The molecule has 1 atom stereocenters. The molecule has 0 amide bonds. The summed E-state index contributed by atoms with van der Waals surface area (Å²) in [5.41, 5.74) is 8.08. The van der Waals surface area contributed by atoms with Crippen LogP contribution in [0, 0.1) is 6.92 Å². The van der Waals surface area contributed by atoms with Gasteiger partial charge in [-0.25, -0.2) is 9.47 Å². The standard InChI is InChI=1S/C28H34N3/c1-20-12-8-9-15-24(20)27-18-23(22-13-6-5-7-14-22)19-28(30(27)4)31-21(2)29(3)25-16-10-11-17-26(25)31/h8-12,15-19,21-22H,5-7,13-14H2,1-4H3/q+1/t21-/m1/s1. The second-order valence-corrected chi connectivity index (χ2v) is 9.34. The van der Waals surface area contributed by atoms with Crippen molar-refractivity contribution < 1.29 is 4.57 Å². The number of hydrogen-bond acceptors (Lipinski definition) is 2. The minimum Gasteiger partial charge on any atom is -0.333 e. The van der Waals surface area contributed by atoms with Crippen LogP contribution in [0.2, 0.25) is 0 Å². The van der Waals surface area contributed by atoms with Crippen LogP contribution in [-0.2, 0) is 7.05 Å². The van der Waals surface area contributed by atoms with Crippen LogP contribution in [0.5, 0.6) is 0 Å². The van der Waals surface area contributed by atoms with Gasteiger partial charge in [-0.3, -0.25) is 0 Å². The predicted octanol–water partition coefficient (Wildman–Crippen LogP) is 6.47. The molecule has 3 heteroatoms. The minimum atomic E-state index is 0.273. The molecule has 1 saturated carbocycles. The molecule has 0 saturated heterocycles. The fraction of sp³-hybridized carbons (Fsp3) is 0.393. The molecule has 0 N–H and O–H groups in total. The van der Waals surface area contributed by atoms with E-state index in [-0.39, 0.29) is 6.17 Å². The lowest BCUT2D eigenvalue weighted by Crippen LogP contribution is -2.44. The molecule has 1 aromatic heterocycles. The van der Waals surface area contributed by atoms with Crippen LogP contribution in [0.15, 0.2) is 60.7 Å². The van der Waals surface area contributed by atoms with Crippen molar-refractivity contribution in [1.29, 1.82) is 0 Å². The lowest BCUT2D eigenvalue weighted by molar-refractivity contribution is -0.647. The predicted molar refractivity (Wildman–Crippen MR) is 130 cm³/mol. The first-order chi connectivity index (χ1) is 15.1. The zero-order valence-corrected chi connectivity index (χ0v) is 19.3. The van der Waals surface area contributed by atoms with E-state index in [1.165, 1.54) is 71.7 Å². The van der Waals surface area contributed by atoms with Crippen molar-refractivity contribution in [2.45, 2.75) is 58.0 Å². The topological polar surface area (TPSA) is 10.4 Å². The van der Waals surface area contributed by atoms with E-state index in [0.29, 0.717) is 5.92 Å². The second-order valence-electron chi connectivity index (χ2n) is 9.34. The largest absolute Gasteiger partial charge is 0.333 e. The van der Waals surface area contributed by atoms with Gasteiger partial charge in [-0.05, 0) is 61.9 Å². The van der Waals surface area contributed by atoms with Crippen LogP contribution >= 0.6 is 0 Å². The molecule has 0 spiro atoms. The molecule has 1 aliphatic heterocycles. The molecule has 2 aromatic carbocycles. The van der Waals surface area contributed by atoms with E-state index in [9.17, 15) is 0 Å². The van der Waals surface area contributed by atoms with Crippen LogP contribution < -0.4 is 14.4 Å². The number of fused-ring (bicyclic) bond motifs is 1. The number of aryl methyl sites for hydroxylation is 1. The van der Waals surface area contributed by atoms with Gasteiger partial charge in [0.25, 0.3) is 5.82 Å². The highest BCUT2D eigenvalue weighted by Gasteiger charge is 2.40. The highest BCUT2D eigenvalue weighted by atomic mass is 15.4. The summed E-state index contributed by atoms with van der Waals surface area (Å²) >= 11 is 0. The normalized spacial score (nSPS) is 19.0. The summed E-state index contributed by atoms with van der Waals surface area (Å²) in [5.74, 6) is 1.95. The lowest BCUT2D eigenvalue weighted by Gasteiger charge is -2.26. The first-order valence-electron chi connectivity index (χ1n) is 11.8. The molecule has 0 unspecified atom stereocenters. The third-order valence-electron chi connectivity index (χ3n) is 7.50. The van der Waals surface area contributed by atoms with E-state index in [1.54, 1.807) is 0 Å². The van der Waals surface area contributed by atoms with Crippen molar-refractivity contribution in [2.75, 3.05) is 16.8 Å². The van der Waals surface area contributed by atoms with Gasteiger partial charge in [0.1, 0.15) is 5.69 Å². The van der Waals surface area contributed by atoms with Crippen molar-refractivity contribution in [3.8, 4) is 11.3 Å². The quantitative estimate of drug-likeness (QED) is 0.457. The molecule has 2 aliphatic rings. The molecule has 1 aliphatic carbocycles. The number of anilines is 3. The van der Waals surface area contributed by atoms with Crippen LogP contribution in [0.3, 0.4) is 0 Å². The maximum atomic E-state index is 2.52. The summed E-state index contributed by atoms with van der Waals surface area (Å²) in [6.45, 7) is 4.53. The third-order valence-corrected chi connectivity index (χ3v) is 7.50. The Kier molecular flexibility index (Phi) is 5.21. The number of aromatic nitrogens is 1. The number of benzene rings is 2. The average molecular weight is 413 g/mol. The number of para-hydroxylation sites is 2. The Hall–Kier alpha value is -2.81. The van der Waals surface area contributed by atoms with E-state index in [0.717, 1.165) is 0 Å². The van der Waals surface area contributed by atoms with Crippen molar-refractivity contribution >= 4 is 17.2 Å². The first-order valence-corrected chi connectivity index (χ1v) is 11.8. The second kappa shape index (κ2) is 8.03. The van der Waals surface area contributed by atoms with Crippen molar-refractivity contribution in [3.63, 3.8) is 0 Å². The zero-order chi connectivity index (χ0) is 21.5. The Morgan fingerprint density at radius 3 is 2.29 bits per heavy atom. The van der Waals surface area contributed by atoms with Gasteiger partial charge in [-0.1, -0.05) is 55.7 Å². The van der Waals surface area contributed by atoms with E-state index in [2.05, 4.69) is 103 Å². The first kappa shape index (κ1) is 20.1. The molecule has 2 heterocycles. The highest BCUT2D eigenvalue weighted by molar-refractivity contribution is 5.82. The summed E-state index contributed by atoms with van der Waals surface area (Å²) in [6, 6.07) is 22.5. The zero-order valence-electron chi connectivity index (χ0n) is 19.3. The van der Waals surface area contributed by atoms with Gasteiger partial charge in [-0.2, -0.15) is 0 Å². The van der Waals surface area contributed by atoms with Gasteiger partial charge < -0.3 is 4.90 Å². The molecule has 160 valence electrons. The van der Waals surface area contributed by atoms with E-state index < -0.39 is 0 Å². The summed E-state index contributed by atoms with van der Waals surface area (Å²) in [5, 5.41) is 0. The molecular formula is C28H34N3+. The Balaban J connectivity index is 1.72. The molecule has 3 aromatic rings. The maximum Gasteiger partial charge on any atom is 0.284 e. The summed E-state index contributed by atoms with van der Waals surface area (Å²) in [6.07, 6.45) is 6.99. The monoisotopic (exact) mass is 412 g/mol. The van der Waals surface area contributed by atoms with Crippen LogP contribution in [0.25, 0.3) is 11.3 Å². The Morgan fingerprint density at radius 2 is 1.55 bits per heavy atom. The Morgan fingerprint density at radius 1 is 0.871 bits per heavy atom. The molecule has 0 bridgehead atoms. The van der Waals surface area contributed by atoms with Gasteiger partial charge in [0.15, 0.2) is 11.9 Å². The van der Waals surface area contributed by atoms with Gasteiger partial charge in [0, 0.05) is 18.7 Å². The summed E-state index contributed by atoms with van der Waals surface area (Å²) in [7, 11) is 4.44. The van der Waals surface area contributed by atoms with E-state index >= 15 is 0 Å². The molecular weight excluding hydrogens is 378 g/mol. The van der Waals surface area contributed by atoms with Crippen LogP contribution in [0.1, 0.15) is 56.1 Å². The molecule has 3 nitrogen and oxygen atoms in total.